The minimum Gasteiger partial charge on any atom is -0.480 e. The molecule has 0 saturated heterocycles. The lowest BCUT2D eigenvalue weighted by Gasteiger charge is -2.04. The molecular formula is C18H25N2O8P. The average Bonchev–Trinajstić information content (AvgIpc) is 2.62. The monoisotopic (exact) mass is 428 g/mol. The summed E-state index contributed by atoms with van der Waals surface area (Å²) in [6.07, 6.45) is 0.770. The number of benzene rings is 2. The van der Waals surface area contributed by atoms with Crippen molar-refractivity contribution in [1.82, 2.24) is 0 Å². The Morgan fingerprint density at radius 1 is 0.724 bits per heavy atom. The standard InChI is InChI=1S/2C9H11NO2.H3O4P/c2*10-8(9(11)12)6-7-4-2-1-3-5-7;1-5(2,3)4/h2*1-5,8H,6,10H2,(H,11,12);(H3,1,2,3,4)/t2*8-;/m00./s1. The molecule has 0 saturated carbocycles. The molecule has 2 atom stereocenters. The summed E-state index contributed by atoms with van der Waals surface area (Å²) in [5.41, 5.74) is 12.6. The molecule has 0 amide bonds. The normalized spacial score (nSPS) is 12.3. The van der Waals surface area contributed by atoms with E-state index in [1.54, 1.807) is 0 Å². The Labute approximate surface area is 167 Å². The molecule has 11 heteroatoms. The fraction of sp³-hybridized carbons (Fsp3) is 0.222. The summed E-state index contributed by atoms with van der Waals surface area (Å²) in [6, 6.07) is 17.1. The van der Waals surface area contributed by atoms with E-state index in [1.807, 2.05) is 60.7 Å². The summed E-state index contributed by atoms with van der Waals surface area (Å²) in [6.45, 7) is 0. The number of hydrogen-bond acceptors (Lipinski definition) is 5. The molecule has 2 aromatic carbocycles. The number of phosphoric acid groups is 1. The molecule has 29 heavy (non-hydrogen) atoms. The van der Waals surface area contributed by atoms with E-state index in [9.17, 15) is 9.59 Å². The zero-order valence-corrected chi connectivity index (χ0v) is 16.3. The van der Waals surface area contributed by atoms with Crippen LogP contribution in [-0.2, 0) is 27.0 Å². The molecule has 9 N–H and O–H groups in total. The van der Waals surface area contributed by atoms with Gasteiger partial charge in [-0.1, -0.05) is 60.7 Å². The third kappa shape index (κ3) is 16.1. The van der Waals surface area contributed by atoms with Gasteiger partial charge in [-0.05, 0) is 24.0 Å². The van der Waals surface area contributed by atoms with E-state index < -0.39 is 31.8 Å². The Balaban J connectivity index is 0.000000442. The van der Waals surface area contributed by atoms with Crippen LogP contribution in [-0.4, -0.2) is 48.9 Å². The van der Waals surface area contributed by atoms with Crippen molar-refractivity contribution in [3.8, 4) is 0 Å². The van der Waals surface area contributed by atoms with Gasteiger partial charge in [0.05, 0.1) is 0 Å². The smallest absolute Gasteiger partial charge is 0.466 e. The van der Waals surface area contributed by atoms with Crippen LogP contribution in [0.1, 0.15) is 11.1 Å². The Hall–Kier alpha value is -2.59. The Bertz CT molecular complexity index is 717. The van der Waals surface area contributed by atoms with Crippen molar-refractivity contribution in [2.45, 2.75) is 24.9 Å². The molecule has 0 aliphatic rings. The maximum Gasteiger partial charge on any atom is 0.466 e. The zero-order chi connectivity index (χ0) is 22.4. The molecule has 2 rings (SSSR count). The molecule has 0 unspecified atom stereocenters. The second kappa shape index (κ2) is 13.6. The van der Waals surface area contributed by atoms with Gasteiger partial charge in [-0.25, -0.2) is 4.57 Å². The number of carboxylic acids is 2. The van der Waals surface area contributed by atoms with Crippen LogP contribution in [0.2, 0.25) is 0 Å². The highest BCUT2D eigenvalue weighted by Gasteiger charge is 2.11. The van der Waals surface area contributed by atoms with Crippen LogP contribution in [0.4, 0.5) is 0 Å². The van der Waals surface area contributed by atoms with Crippen molar-refractivity contribution in [2.75, 3.05) is 0 Å². The first kappa shape index (κ1) is 26.4. The topological polar surface area (TPSA) is 204 Å². The molecule has 0 spiro atoms. The van der Waals surface area contributed by atoms with E-state index in [-0.39, 0.29) is 0 Å². The fourth-order valence-electron chi connectivity index (χ4n) is 1.91. The molecule has 10 nitrogen and oxygen atoms in total. The van der Waals surface area contributed by atoms with Gasteiger partial charge in [0.1, 0.15) is 12.1 Å². The van der Waals surface area contributed by atoms with Crippen LogP contribution in [0.5, 0.6) is 0 Å². The van der Waals surface area contributed by atoms with Crippen molar-refractivity contribution in [1.29, 1.82) is 0 Å². The highest BCUT2D eigenvalue weighted by atomic mass is 31.2. The summed E-state index contributed by atoms with van der Waals surface area (Å²) >= 11 is 0. The molecule has 160 valence electrons. The molecular weight excluding hydrogens is 403 g/mol. The van der Waals surface area contributed by atoms with Crippen molar-refractivity contribution < 1.29 is 39.0 Å². The van der Waals surface area contributed by atoms with E-state index >= 15 is 0 Å². The minimum absolute atomic E-state index is 0.385. The number of hydrogen-bond donors (Lipinski definition) is 7. The number of carbonyl (C=O) groups is 2. The second-order valence-corrected chi connectivity index (χ2v) is 6.81. The van der Waals surface area contributed by atoms with E-state index in [4.69, 9.17) is 40.9 Å². The van der Waals surface area contributed by atoms with Crippen molar-refractivity contribution in [2.24, 2.45) is 11.5 Å². The van der Waals surface area contributed by atoms with Gasteiger partial charge in [0.25, 0.3) is 0 Å². The largest absolute Gasteiger partial charge is 0.480 e. The van der Waals surface area contributed by atoms with E-state index in [0.29, 0.717) is 12.8 Å². The predicted molar refractivity (Wildman–Crippen MR) is 106 cm³/mol. The Morgan fingerprint density at radius 2 is 0.966 bits per heavy atom. The van der Waals surface area contributed by atoms with Crippen LogP contribution >= 0.6 is 7.82 Å². The van der Waals surface area contributed by atoms with Gasteiger partial charge in [-0.3, -0.25) is 9.59 Å². The Morgan fingerprint density at radius 3 is 1.17 bits per heavy atom. The lowest BCUT2D eigenvalue weighted by molar-refractivity contribution is -0.139. The van der Waals surface area contributed by atoms with Crippen molar-refractivity contribution in [3.63, 3.8) is 0 Å². The van der Waals surface area contributed by atoms with Crippen LogP contribution < -0.4 is 11.5 Å². The average molecular weight is 428 g/mol. The SMILES string of the molecule is N[C@@H](Cc1ccccc1)C(=O)O.N[C@@H](Cc1ccccc1)C(=O)O.O=P(O)(O)O. The summed E-state index contributed by atoms with van der Waals surface area (Å²) < 4.78 is 8.88. The first-order valence-corrected chi connectivity index (χ1v) is 9.79. The van der Waals surface area contributed by atoms with E-state index in [0.717, 1.165) is 11.1 Å². The third-order valence-electron chi connectivity index (χ3n) is 3.23. The number of nitrogens with two attached hydrogens (primary N) is 2. The lowest BCUT2D eigenvalue weighted by Crippen LogP contribution is -2.32. The molecule has 2 aromatic rings. The first-order chi connectivity index (χ1) is 13.4. The van der Waals surface area contributed by atoms with Gasteiger partial charge < -0.3 is 36.4 Å². The van der Waals surface area contributed by atoms with Crippen LogP contribution in [0.15, 0.2) is 60.7 Å². The molecule has 0 radical (unpaired) electrons. The van der Waals surface area contributed by atoms with Gasteiger partial charge in [0.15, 0.2) is 0 Å². The maximum absolute atomic E-state index is 10.4. The highest BCUT2D eigenvalue weighted by Crippen LogP contribution is 2.25. The van der Waals surface area contributed by atoms with Gasteiger partial charge in [-0.15, -0.1) is 0 Å². The molecule has 0 aliphatic carbocycles. The molecule has 0 aliphatic heterocycles. The second-order valence-electron chi connectivity index (χ2n) is 5.78. The predicted octanol–water partition coefficient (Wildman–Crippen LogP) is 0.353. The molecule has 0 bridgehead atoms. The number of aliphatic carboxylic acids is 2. The van der Waals surface area contributed by atoms with Crippen LogP contribution in [0, 0.1) is 0 Å². The van der Waals surface area contributed by atoms with E-state index in [2.05, 4.69) is 0 Å². The first-order valence-electron chi connectivity index (χ1n) is 8.23. The van der Waals surface area contributed by atoms with Gasteiger partial charge >= 0.3 is 19.8 Å². The zero-order valence-electron chi connectivity index (χ0n) is 15.4. The third-order valence-corrected chi connectivity index (χ3v) is 3.23. The van der Waals surface area contributed by atoms with Crippen LogP contribution in [0.25, 0.3) is 0 Å². The van der Waals surface area contributed by atoms with Crippen molar-refractivity contribution >= 4 is 19.8 Å². The number of carboxylic acid groups (broad SMARTS) is 2. The van der Waals surface area contributed by atoms with E-state index in [1.165, 1.54) is 0 Å². The maximum atomic E-state index is 10.4. The van der Waals surface area contributed by atoms with Gasteiger partial charge in [0, 0.05) is 0 Å². The summed E-state index contributed by atoms with van der Waals surface area (Å²) in [7, 11) is -4.64. The molecule has 0 heterocycles. The Kier molecular flexibility index (Phi) is 12.4. The highest BCUT2D eigenvalue weighted by molar-refractivity contribution is 7.45. The van der Waals surface area contributed by atoms with Crippen molar-refractivity contribution in [3.05, 3.63) is 71.8 Å². The quantitative estimate of drug-likeness (QED) is 0.314. The minimum atomic E-state index is -4.64. The summed E-state index contributed by atoms with van der Waals surface area (Å²) in [5.74, 6) is -1.92. The molecule has 0 fully saturated rings. The van der Waals surface area contributed by atoms with Gasteiger partial charge in [-0.2, -0.15) is 0 Å². The van der Waals surface area contributed by atoms with Gasteiger partial charge in [0.2, 0.25) is 0 Å². The summed E-state index contributed by atoms with van der Waals surface area (Å²) in [5, 5.41) is 17.0. The fourth-order valence-corrected chi connectivity index (χ4v) is 1.91. The summed E-state index contributed by atoms with van der Waals surface area (Å²) in [4.78, 5) is 42.3. The lowest BCUT2D eigenvalue weighted by atomic mass is 10.1. The number of rotatable bonds is 6. The van der Waals surface area contributed by atoms with Crippen LogP contribution in [0.3, 0.4) is 0 Å². The molecule has 0 aromatic heterocycles.